The molecule has 4 nitrogen and oxygen atoms in total. The average molecular weight is 243 g/mol. The fraction of sp³-hybridized carbons (Fsp3) is 0.923. The number of hydrogen-bond acceptors (Lipinski definition) is 3. The van der Waals surface area contributed by atoms with Crippen molar-refractivity contribution in [2.45, 2.75) is 46.2 Å². The number of nitrogens with zero attached hydrogens (tertiary/aromatic N) is 1. The second-order valence-electron chi connectivity index (χ2n) is 5.69. The molecule has 1 atom stereocenters. The molecular weight excluding hydrogens is 214 g/mol. The first kappa shape index (κ1) is 16.4. The summed E-state index contributed by atoms with van der Waals surface area (Å²) in [4.78, 5) is 13.8. The fourth-order valence-electron chi connectivity index (χ4n) is 1.76. The molecule has 0 saturated carbocycles. The molecule has 0 fully saturated rings. The highest BCUT2D eigenvalue weighted by molar-refractivity contribution is 5.78. The van der Waals surface area contributed by atoms with Gasteiger partial charge in [-0.2, -0.15) is 0 Å². The van der Waals surface area contributed by atoms with Crippen LogP contribution in [0.3, 0.4) is 0 Å². The maximum Gasteiger partial charge on any atom is 0.234 e. The van der Waals surface area contributed by atoms with E-state index in [1.165, 1.54) is 0 Å². The van der Waals surface area contributed by atoms with E-state index in [1.807, 2.05) is 27.9 Å². The molecular formula is C13H29N3O. The van der Waals surface area contributed by atoms with Crippen LogP contribution in [0.5, 0.6) is 0 Å². The number of nitrogens with one attached hydrogen (secondary N) is 2. The zero-order valence-corrected chi connectivity index (χ0v) is 12.2. The molecule has 102 valence electrons. The Hall–Kier alpha value is -0.610. The highest BCUT2D eigenvalue weighted by atomic mass is 16.2. The quantitative estimate of drug-likeness (QED) is 0.670. The van der Waals surface area contributed by atoms with Gasteiger partial charge in [0.1, 0.15) is 0 Å². The van der Waals surface area contributed by atoms with E-state index in [0.717, 1.165) is 13.0 Å². The fourth-order valence-corrected chi connectivity index (χ4v) is 1.76. The molecule has 0 spiro atoms. The van der Waals surface area contributed by atoms with Crippen molar-refractivity contribution in [3.63, 3.8) is 0 Å². The molecule has 0 radical (unpaired) electrons. The first-order valence-electron chi connectivity index (χ1n) is 6.48. The van der Waals surface area contributed by atoms with E-state index in [-0.39, 0.29) is 11.9 Å². The van der Waals surface area contributed by atoms with Gasteiger partial charge in [-0.3, -0.25) is 4.79 Å². The number of likely N-dealkylation sites (N-methyl/N-ethyl adjacent to an activating group) is 1. The minimum absolute atomic E-state index is 0.0891. The zero-order chi connectivity index (χ0) is 13.4. The SMILES string of the molecule is CC(C)CC(CN(C)C)NC(=O)CNC(C)C. The van der Waals surface area contributed by atoms with Crippen LogP contribution in [0.2, 0.25) is 0 Å². The van der Waals surface area contributed by atoms with E-state index in [4.69, 9.17) is 0 Å². The van der Waals surface area contributed by atoms with E-state index in [9.17, 15) is 4.79 Å². The monoisotopic (exact) mass is 243 g/mol. The Labute approximate surface area is 106 Å². The Bertz CT molecular complexity index is 205. The smallest absolute Gasteiger partial charge is 0.234 e. The van der Waals surface area contributed by atoms with Crippen LogP contribution >= 0.6 is 0 Å². The van der Waals surface area contributed by atoms with Gasteiger partial charge in [-0.25, -0.2) is 0 Å². The molecule has 4 heteroatoms. The van der Waals surface area contributed by atoms with Gasteiger partial charge in [-0.15, -0.1) is 0 Å². The van der Waals surface area contributed by atoms with E-state index in [1.54, 1.807) is 0 Å². The van der Waals surface area contributed by atoms with Crippen LogP contribution in [0.25, 0.3) is 0 Å². The van der Waals surface area contributed by atoms with Crippen LogP contribution in [-0.4, -0.2) is 50.1 Å². The molecule has 1 unspecified atom stereocenters. The lowest BCUT2D eigenvalue weighted by Crippen LogP contribution is -2.46. The summed E-state index contributed by atoms with van der Waals surface area (Å²) in [5, 5.41) is 6.22. The van der Waals surface area contributed by atoms with Crippen molar-refractivity contribution in [2.24, 2.45) is 5.92 Å². The van der Waals surface area contributed by atoms with Crippen molar-refractivity contribution in [3.8, 4) is 0 Å². The van der Waals surface area contributed by atoms with E-state index >= 15 is 0 Å². The van der Waals surface area contributed by atoms with Crippen LogP contribution in [-0.2, 0) is 4.79 Å². The number of carbonyl (C=O) groups is 1. The molecule has 0 heterocycles. The largest absolute Gasteiger partial charge is 0.351 e. The van der Waals surface area contributed by atoms with Gasteiger partial charge in [0, 0.05) is 18.6 Å². The molecule has 0 rings (SSSR count). The third-order valence-corrected chi connectivity index (χ3v) is 2.38. The molecule has 2 N–H and O–H groups in total. The van der Waals surface area contributed by atoms with Crippen molar-refractivity contribution in [3.05, 3.63) is 0 Å². The summed E-state index contributed by atoms with van der Waals surface area (Å²) in [6.07, 6.45) is 1.02. The lowest BCUT2D eigenvalue weighted by Gasteiger charge is -2.24. The van der Waals surface area contributed by atoms with Gasteiger partial charge in [0.25, 0.3) is 0 Å². The third-order valence-electron chi connectivity index (χ3n) is 2.38. The van der Waals surface area contributed by atoms with Crippen molar-refractivity contribution in [1.29, 1.82) is 0 Å². The van der Waals surface area contributed by atoms with Gasteiger partial charge in [0.2, 0.25) is 5.91 Å². The summed E-state index contributed by atoms with van der Waals surface area (Å²) in [6, 6.07) is 0.588. The van der Waals surface area contributed by atoms with Crippen LogP contribution in [0.1, 0.15) is 34.1 Å². The lowest BCUT2D eigenvalue weighted by molar-refractivity contribution is -0.121. The van der Waals surface area contributed by atoms with Crippen LogP contribution < -0.4 is 10.6 Å². The highest BCUT2D eigenvalue weighted by Gasteiger charge is 2.14. The normalized spacial score (nSPS) is 13.5. The predicted octanol–water partition coefficient (Wildman–Crippen LogP) is 1.08. The topological polar surface area (TPSA) is 44.4 Å². The number of rotatable bonds is 8. The Morgan fingerprint density at radius 3 is 2.18 bits per heavy atom. The molecule has 0 aliphatic carbocycles. The van der Waals surface area contributed by atoms with Crippen LogP contribution in [0.15, 0.2) is 0 Å². The summed E-state index contributed by atoms with van der Waals surface area (Å²) in [5.74, 6) is 0.685. The molecule has 0 aromatic rings. The Kier molecular flexibility index (Phi) is 8.17. The van der Waals surface area contributed by atoms with E-state index in [0.29, 0.717) is 18.5 Å². The van der Waals surface area contributed by atoms with Crippen molar-refractivity contribution >= 4 is 5.91 Å². The standard InChI is InChI=1S/C13H29N3O/c1-10(2)7-12(9-16(5)6)15-13(17)8-14-11(3)4/h10-12,14H,7-9H2,1-6H3,(H,15,17). The Morgan fingerprint density at radius 1 is 1.18 bits per heavy atom. The van der Waals surface area contributed by atoms with E-state index < -0.39 is 0 Å². The maximum atomic E-state index is 11.7. The molecule has 0 aromatic heterocycles. The number of amides is 1. The van der Waals surface area contributed by atoms with Crippen LogP contribution in [0, 0.1) is 5.92 Å². The van der Waals surface area contributed by atoms with Crippen molar-refractivity contribution < 1.29 is 4.79 Å². The van der Waals surface area contributed by atoms with Gasteiger partial charge in [-0.1, -0.05) is 27.7 Å². The van der Waals surface area contributed by atoms with Gasteiger partial charge in [0.05, 0.1) is 6.54 Å². The minimum Gasteiger partial charge on any atom is -0.351 e. The van der Waals surface area contributed by atoms with Gasteiger partial charge >= 0.3 is 0 Å². The first-order chi connectivity index (χ1) is 7.81. The summed E-state index contributed by atoms with van der Waals surface area (Å²) in [5.41, 5.74) is 0. The molecule has 1 amide bonds. The molecule has 0 aliphatic heterocycles. The summed E-state index contributed by atoms with van der Waals surface area (Å²) in [7, 11) is 4.07. The first-order valence-corrected chi connectivity index (χ1v) is 6.48. The zero-order valence-electron chi connectivity index (χ0n) is 12.2. The lowest BCUT2D eigenvalue weighted by atomic mass is 10.0. The van der Waals surface area contributed by atoms with Crippen molar-refractivity contribution in [2.75, 3.05) is 27.2 Å². The number of carbonyl (C=O) groups excluding carboxylic acids is 1. The third kappa shape index (κ3) is 10.3. The average Bonchev–Trinajstić information content (AvgIpc) is 2.12. The minimum atomic E-state index is 0.0891. The predicted molar refractivity (Wildman–Crippen MR) is 73.1 cm³/mol. The van der Waals surface area contributed by atoms with Gasteiger partial charge in [-0.05, 0) is 26.4 Å². The second-order valence-corrected chi connectivity index (χ2v) is 5.69. The Morgan fingerprint density at radius 2 is 1.76 bits per heavy atom. The maximum absolute atomic E-state index is 11.7. The summed E-state index contributed by atoms with van der Waals surface area (Å²) < 4.78 is 0. The molecule has 0 bridgehead atoms. The molecule has 0 aliphatic rings. The Balaban J connectivity index is 4.08. The van der Waals surface area contributed by atoms with E-state index in [2.05, 4.69) is 29.4 Å². The second kappa shape index (κ2) is 8.48. The summed E-state index contributed by atoms with van der Waals surface area (Å²) in [6.45, 7) is 9.74. The van der Waals surface area contributed by atoms with Crippen LogP contribution in [0.4, 0.5) is 0 Å². The molecule has 0 saturated heterocycles. The summed E-state index contributed by atoms with van der Waals surface area (Å²) >= 11 is 0. The van der Waals surface area contributed by atoms with Gasteiger partial charge < -0.3 is 15.5 Å². The van der Waals surface area contributed by atoms with Gasteiger partial charge in [0.15, 0.2) is 0 Å². The molecule has 0 aromatic carbocycles. The number of hydrogen-bond donors (Lipinski definition) is 2. The molecule has 17 heavy (non-hydrogen) atoms. The highest BCUT2D eigenvalue weighted by Crippen LogP contribution is 2.05. The van der Waals surface area contributed by atoms with Crippen molar-refractivity contribution in [1.82, 2.24) is 15.5 Å².